The molecule has 0 aliphatic rings. The number of aromatic nitrogens is 7. The van der Waals surface area contributed by atoms with E-state index in [1.165, 1.54) is 37.0 Å². The number of halogens is 2. The van der Waals surface area contributed by atoms with Crippen molar-refractivity contribution in [3.8, 4) is 5.69 Å². The van der Waals surface area contributed by atoms with Gasteiger partial charge in [0.05, 0.1) is 15.7 Å². The second-order valence-corrected chi connectivity index (χ2v) is 5.89. The Morgan fingerprint density at radius 3 is 2.46 bits per heavy atom. The van der Waals surface area contributed by atoms with Gasteiger partial charge in [0.1, 0.15) is 0 Å². The highest BCUT2D eigenvalue weighted by Gasteiger charge is 2.21. The summed E-state index contributed by atoms with van der Waals surface area (Å²) < 4.78 is 2.81. The molecule has 0 saturated heterocycles. The number of hydrogen-bond donors (Lipinski definition) is 1. The van der Waals surface area contributed by atoms with Crippen LogP contribution >= 0.6 is 23.2 Å². The topological polar surface area (TPSA) is 130 Å². The first-order valence-corrected chi connectivity index (χ1v) is 7.74. The minimum Gasteiger partial charge on any atom is -0.288 e. The molecule has 13 heteroatoms. The predicted octanol–water partition coefficient (Wildman–Crippen LogP) is 0.0138. The molecule has 0 atom stereocenters. The van der Waals surface area contributed by atoms with Crippen molar-refractivity contribution in [3.63, 3.8) is 0 Å². The molecular formula is C13H10Cl2N8O3. The van der Waals surface area contributed by atoms with Gasteiger partial charge >= 0.3 is 5.69 Å². The van der Waals surface area contributed by atoms with Crippen LogP contribution in [0.4, 0.5) is 5.95 Å². The van der Waals surface area contributed by atoms with Gasteiger partial charge in [0, 0.05) is 14.1 Å². The van der Waals surface area contributed by atoms with Crippen molar-refractivity contribution < 1.29 is 4.79 Å². The number of nitrogens with one attached hydrogen (secondary N) is 1. The van der Waals surface area contributed by atoms with Crippen LogP contribution in [0, 0.1) is 0 Å². The van der Waals surface area contributed by atoms with Crippen LogP contribution in [0.3, 0.4) is 0 Å². The van der Waals surface area contributed by atoms with Gasteiger partial charge in [-0.3, -0.25) is 14.9 Å². The first-order chi connectivity index (χ1) is 12.3. The molecule has 0 fully saturated rings. The quantitative estimate of drug-likeness (QED) is 0.659. The zero-order valence-corrected chi connectivity index (χ0v) is 14.9. The van der Waals surface area contributed by atoms with Gasteiger partial charge in [-0.1, -0.05) is 28.3 Å². The molecule has 3 aromatic rings. The maximum absolute atomic E-state index is 12.7. The molecule has 11 nitrogen and oxygen atoms in total. The van der Waals surface area contributed by atoms with E-state index in [0.29, 0.717) is 0 Å². The van der Waals surface area contributed by atoms with Crippen molar-refractivity contribution in [2.45, 2.75) is 0 Å². The van der Waals surface area contributed by atoms with Crippen LogP contribution in [0.1, 0.15) is 10.5 Å². The second-order valence-electron chi connectivity index (χ2n) is 5.07. The maximum atomic E-state index is 12.7. The largest absolute Gasteiger partial charge is 0.351 e. The Labute approximate surface area is 154 Å². The van der Waals surface area contributed by atoms with E-state index in [-0.39, 0.29) is 21.7 Å². The molecule has 1 N–H and O–H groups in total. The van der Waals surface area contributed by atoms with Crippen LogP contribution in [0.2, 0.25) is 10.0 Å². The summed E-state index contributed by atoms with van der Waals surface area (Å²) in [6, 6.07) is 4.18. The van der Waals surface area contributed by atoms with Crippen LogP contribution < -0.4 is 16.6 Å². The van der Waals surface area contributed by atoms with E-state index in [2.05, 4.69) is 25.9 Å². The number of anilines is 1. The van der Waals surface area contributed by atoms with Crippen molar-refractivity contribution in [2.75, 3.05) is 5.32 Å². The molecule has 2 heterocycles. The summed E-state index contributed by atoms with van der Waals surface area (Å²) in [5.41, 5.74) is -2.08. The normalized spacial score (nSPS) is 10.8. The number of tetrazole rings is 1. The molecule has 1 amide bonds. The van der Waals surface area contributed by atoms with Gasteiger partial charge in [0.25, 0.3) is 11.5 Å². The van der Waals surface area contributed by atoms with E-state index < -0.39 is 22.9 Å². The van der Waals surface area contributed by atoms with Crippen LogP contribution in [0.5, 0.6) is 0 Å². The summed E-state index contributed by atoms with van der Waals surface area (Å²) in [7, 11) is 2.80. The minimum atomic E-state index is -0.931. The van der Waals surface area contributed by atoms with Gasteiger partial charge in [-0.05, 0) is 28.6 Å². The SMILES string of the molecule is Cn1nnnc1NC(=O)c1nn(C)c(=O)n(-c2ccc(Cl)c(Cl)c2)c1=O. The maximum Gasteiger partial charge on any atom is 0.351 e. The third-order valence-corrected chi connectivity index (χ3v) is 4.08. The Hall–Kier alpha value is -3.05. The van der Waals surface area contributed by atoms with Crippen molar-refractivity contribution in [1.82, 2.24) is 34.6 Å². The number of hydrogen-bond acceptors (Lipinski definition) is 7. The Morgan fingerprint density at radius 2 is 1.85 bits per heavy atom. The zero-order valence-electron chi connectivity index (χ0n) is 13.3. The molecule has 0 bridgehead atoms. The van der Waals surface area contributed by atoms with E-state index in [1.807, 2.05) is 0 Å². The summed E-state index contributed by atoms with van der Waals surface area (Å²) in [5, 5.41) is 17.0. The number of nitrogens with zero attached hydrogens (tertiary/aromatic N) is 7. The summed E-state index contributed by atoms with van der Waals surface area (Å²) in [4.78, 5) is 37.4. The summed E-state index contributed by atoms with van der Waals surface area (Å²) >= 11 is 11.8. The highest BCUT2D eigenvalue weighted by molar-refractivity contribution is 6.42. The zero-order chi connectivity index (χ0) is 19.0. The average Bonchev–Trinajstić information content (AvgIpc) is 2.99. The molecule has 3 rings (SSSR count). The Bertz CT molecular complexity index is 1130. The molecule has 0 unspecified atom stereocenters. The third-order valence-electron chi connectivity index (χ3n) is 3.35. The number of carbonyl (C=O) groups excluding carboxylic acids is 1. The van der Waals surface area contributed by atoms with E-state index in [1.54, 1.807) is 0 Å². The van der Waals surface area contributed by atoms with E-state index in [0.717, 1.165) is 9.25 Å². The lowest BCUT2D eigenvalue weighted by molar-refractivity contribution is 0.101. The molecule has 0 radical (unpaired) electrons. The van der Waals surface area contributed by atoms with E-state index in [4.69, 9.17) is 23.2 Å². The molecule has 0 aliphatic carbocycles. The highest BCUT2D eigenvalue weighted by atomic mass is 35.5. The summed E-state index contributed by atoms with van der Waals surface area (Å²) in [6.07, 6.45) is 0. The fourth-order valence-corrected chi connectivity index (χ4v) is 2.36. The first kappa shape index (κ1) is 17.8. The molecule has 134 valence electrons. The van der Waals surface area contributed by atoms with Crippen molar-refractivity contribution >= 4 is 35.1 Å². The Balaban J connectivity index is 2.14. The molecule has 2 aromatic heterocycles. The standard InChI is InChI=1S/C13H10Cl2N8O3/c1-21-12(17-19-20-21)16-10(24)9-11(25)23(13(26)22(2)18-9)6-3-4-7(14)8(15)5-6/h3-5H,1-2H3,(H,16,17,20,24). The number of rotatable bonds is 3. The molecule has 0 spiro atoms. The summed E-state index contributed by atoms with van der Waals surface area (Å²) in [6.45, 7) is 0. The van der Waals surface area contributed by atoms with Crippen LogP contribution in [-0.4, -0.2) is 40.5 Å². The molecule has 0 aliphatic heterocycles. The average molecular weight is 397 g/mol. The lowest BCUT2D eigenvalue weighted by atomic mass is 10.3. The van der Waals surface area contributed by atoms with Gasteiger partial charge in [-0.15, -0.1) is 0 Å². The number of carbonyl (C=O) groups is 1. The minimum absolute atomic E-state index is 0.00569. The van der Waals surface area contributed by atoms with Crippen LogP contribution in [-0.2, 0) is 14.1 Å². The highest BCUT2D eigenvalue weighted by Crippen LogP contribution is 2.23. The second kappa shape index (κ2) is 6.69. The fraction of sp³-hybridized carbons (Fsp3) is 0.154. The molecule has 0 saturated carbocycles. The molecule has 26 heavy (non-hydrogen) atoms. The van der Waals surface area contributed by atoms with Crippen molar-refractivity contribution in [1.29, 1.82) is 0 Å². The Kier molecular flexibility index (Phi) is 4.57. The van der Waals surface area contributed by atoms with Gasteiger partial charge < -0.3 is 0 Å². The lowest BCUT2D eigenvalue weighted by Gasteiger charge is -2.10. The van der Waals surface area contributed by atoms with Gasteiger partial charge in [-0.2, -0.15) is 5.10 Å². The predicted molar refractivity (Wildman–Crippen MR) is 91.8 cm³/mol. The van der Waals surface area contributed by atoms with Crippen molar-refractivity contribution in [3.05, 3.63) is 54.8 Å². The summed E-state index contributed by atoms with van der Waals surface area (Å²) in [5.74, 6) is -0.872. The molecular weight excluding hydrogens is 387 g/mol. The number of amides is 1. The van der Waals surface area contributed by atoms with Gasteiger partial charge in [0.2, 0.25) is 11.6 Å². The number of aryl methyl sites for hydroxylation is 2. The van der Waals surface area contributed by atoms with E-state index in [9.17, 15) is 14.4 Å². The number of benzene rings is 1. The van der Waals surface area contributed by atoms with Gasteiger partial charge in [0.15, 0.2) is 0 Å². The lowest BCUT2D eigenvalue weighted by Crippen LogP contribution is -2.43. The van der Waals surface area contributed by atoms with E-state index >= 15 is 0 Å². The smallest absolute Gasteiger partial charge is 0.288 e. The van der Waals surface area contributed by atoms with Crippen molar-refractivity contribution in [2.24, 2.45) is 14.1 Å². The third kappa shape index (κ3) is 3.09. The fourth-order valence-electron chi connectivity index (χ4n) is 2.06. The van der Waals surface area contributed by atoms with Crippen LogP contribution in [0.25, 0.3) is 5.69 Å². The van der Waals surface area contributed by atoms with Crippen LogP contribution in [0.15, 0.2) is 27.8 Å². The monoisotopic (exact) mass is 396 g/mol. The van der Waals surface area contributed by atoms with Gasteiger partial charge in [-0.25, -0.2) is 18.7 Å². The Morgan fingerprint density at radius 1 is 1.12 bits per heavy atom. The first-order valence-electron chi connectivity index (χ1n) is 6.99. The molecule has 1 aromatic carbocycles.